The van der Waals surface area contributed by atoms with Crippen molar-refractivity contribution in [1.29, 1.82) is 0 Å². The van der Waals surface area contributed by atoms with Gasteiger partial charge in [0.25, 0.3) is 0 Å². The number of rotatable bonds is 8. The predicted molar refractivity (Wildman–Crippen MR) is 65.4 cm³/mol. The molecule has 2 unspecified atom stereocenters. The first-order chi connectivity index (χ1) is 7.22. The predicted octanol–water partition coefficient (Wildman–Crippen LogP) is 1.31. The van der Waals surface area contributed by atoms with E-state index in [1.165, 1.54) is 0 Å². The standard InChI is InChI=1S/C12H27NO3/c1-10(8-12(4,13)9-14)16-7-6-11(2,3)15-5/h10,14H,6-9,13H2,1-5H3. The summed E-state index contributed by atoms with van der Waals surface area (Å²) in [5.41, 5.74) is 5.14. The summed E-state index contributed by atoms with van der Waals surface area (Å²) < 4.78 is 10.9. The summed E-state index contributed by atoms with van der Waals surface area (Å²) >= 11 is 0. The van der Waals surface area contributed by atoms with Gasteiger partial charge >= 0.3 is 0 Å². The van der Waals surface area contributed by atoms with E-state index in [2.05, 4.69) is 0 Å². The van der Waals surface area contributed by atoms with Gasteiger partial charge in [-0.2, -0.15) is 0 Å². The Kier molecular flexibility index (Phi) is 6.48. The highest BCUT2D eigenvalue weighted by molar-refractivity contribution is 4.80. The molecule has 0 fully saturated rings. The number of nitrogens with two attached hydrogens (primary N) is 1. The smallest absolute Gasteiger partial charge is 0.0644 e. The van der Waals surface area contributed by atoms with Gasteiger partial charge in [0, 0.05) is 19.3 Å². The quantitative estimate of drug-likeness (QED) is 0.663. The Morgan fingerprint density at radius 2 is 1.88 bits per heavy atom. The maximum Gasteiger partial charge on any atom is 0.0644 e. The van der Waals surface area contributed by atoms with Gasteiger partial charge in [0.15, 0.2) is 0 Å². The van der Waals surface area contributed by atoms with Crippen LogP contribution in [0, 0.1) is 0 Å². The summed E-state index contributed by atoms with van der Waals surface area (Å²) in [4.78, 5) is 0. The molecule has 0 spiro atoms. The minimum absolute atomic E-state index is 0.0235. The summed E-state index contributed by atoms with van der Waals surface area (Å²) in [5.74, 6) is 0. The van der Waals surface area contributed by atoms with Crippen LogP contribution in [0.1, 0.15) is 40.5 Å². The third-order valence-electron chi connectivity index (χ3n) is 2.77. The maximum atomic E-state index is 9.04. The van der Waals surface area contributed by atoms with E-state index < -0.39 is 5.54 Å². The van der Waals surface area contributed by atoms with E-state index in [0.717, 1.165) is 6.42 Å². The molecule has 0 aliphatic rings. The summed E-state index contributed by atoms with van der Waals surface area (Å²) in [6.07, 6.45) is 1.54. The molecule has 0 aromatic heterocycles. The van der Waals surface area contributed by atoms with Gasteiger partial charge in [0.05, 0.1) is 18.3 Å². The lowest BCUT2D eigenvalue weighted by molar-refractivity contribution is -0.0295. The largest absolute Gasteiger partial charge is 0.394 e. The van der Waals surface area contributed by atoms with E-state index in [1.807, 2.05) is 27.7 Å². The van der Waals surface area contributed by atoms with Gasteiger partial charge in [-0.25, -0.2) is 0 Å². The number of hydrogen-bond donors (Lipinski definition) is 2. The Labute approximate surface area is 99.1 Å². The highest BCUT2D eigenvalue weighted by atomic mass is 16.5. The molecule has 0 aliphatic heterocycles. The van der Waals surface area contributed by atoms with Crippen molar-refractivity contribution >= 4 is 0 Å². The fourth-order valence-electron chi connectivity index (χ4n) is 1.39. The van der Waals surface area contributed by atoms with Crippen LogP contribution in [0.25, 0.3) is 0 Å². The third kappa shape index (κ3) is 7.17. The highest BCUT2D eigenvalue weighted by Crippen LogP contribution is 2.15. The SMILES string of the molecule is COC(C)(C)CCOC(C)CC(C)(N)CO. The molecule has 0 radical (unpaired) electrons. The number of aliphatic hydroxyl groups is 1. The summed E-state index contributed by atoms with van der Waals surface area (Å²) in [5, 5.41) is 9.04. The number of ether oxygens (including phenoxy) is 2. The molecule has 0 bridgehead atoms. The minimum atomic E-state index is -0.559. The first kappa shape index (κ1) is 15.8. The lowest BCUT2D eigenvalue weighted by Gasteiger charge is -2.27. The zero-order valence-corrected chi connectivity index (χ0v) is 11.2. The Morgan fingerprint density at radius 1 is 1.31 bits per heavy atom. The third-order valence-corrected chi connectivity index (χ3v) is 2.77. The van der Waals surface area contributed by atoms with Crippen LogP contribution in [-0.2, 0) is 9.47 Å². The van der Waals surface area contributed by atoms with Crippen molar-refractivity contribution in [3.05, 3.63) is 0 Å². The first-order valence-corrected chi connectivity index (χ1v) is 5.79. The van der Waals surface area contributed by atoms with Crippen LogP contribution in [0.15, 0.2) is 0 Å². The molecular weight excluding hydrogens is 206 g/mol. The van der Waals surface area contributed by atoms with Crippen LogP contribution in [0.4, 0.5) is 0 Å². The molecule has 98 valence electrons. The zero-order valence-electron chi connectivity index (χ0n) is 11.2. The van der Waals surface area contributed by atoms with E-state index in [-0.39, 0.29) is 18.3 Å². The summed E-state index contributed by atoms with van der Waals surface area (Å²) in [6.45, 7) is 8.48. The van der Waals surface area contributed by atoms with Gasteiger partial charge in [-0.1, -0.05) is 0 Å². The lowest BCUT2D eigenvalue weighted by Crippen LogP contribution is -2.43. The van der Waals surface area contributed by atoms with Crippen molar-refractivity contribution in [2.24, 2.45) is 5.73 Å². The maximum absolute atomic E-state index is 9.04. The molecule has 0 rings (SSSR count). The summed E-state index contributed by atoms with van der Waals surface area (Å²) in [7, 11) is 1.70. The molecule has 0 aromatic rings. The van der Waals surface area contributed by atoms with Gasteiger partial charge < -0.3 is 20.3 Å². The molecular formula is C12H27NO3. The van der Waals surface area contributed by atoms with Crippen LogP contribution in [-0.4, -0.2) is 42.7 Å². The van der Waals surface area contributed by atoms with Gasteiger partial charge in [0.1, 0.15) is 0 Å². The molecule has 16 heavy (non-hydrogen) atoms. The zero-order chi connectivity index (χ0) is 12.8. The molecule has 0 aromatic carbocycles. The molecule has 0 amide bonds. The van der Waals surface area contributed by atoms with Gasteiger partial charge in [-0.05, 0) is 40.5 Å². The molecule has 4 nitrogen and oxygen atoms in total. The van der Waals surface area contributed by atoms with Crippen LogP contribution in [0.5, 0.6) is 0 Å². The van der Waals surface area contributed by atoms with E-state index in [9.17, 15) is 0 Å². The van der Waals surface area contributed by atoms with Crippen molar-refractivity contribution in [1.82, 2.24) is 0 Å². The second-order valence-corrected chi connectivity index (χ2v) is 5.41. The number of methoxy groups -OCH3 is 1. The average molecular weight is 233 g/mol. The Hall–Kier alpha value is -0.160. The molecule has 0 heterocycles. The second kappa shape index (κ2) is 6.55. The van der Waals surface area contributed by atoms with Gasteiger partial charge in [-0.3, -0.25) is 0 Å². The lowest BCUT2D eigenvalue weighted by atomic mass is 9.97. The topological polar surface area (TPSA) is 64.7 Å². The van der Waals surface area contributed by atoms with Crippen molar-refractivity contribution in [2.45, 2.75) is 57.8 Å². The highest BCUT2D eigenvalue weighted by Gasteiger charge is 2.22. The van der Waals surface area contributed by atoms with Crippen LogP contribution in [0.3, 0.4) is 0 Å². The molecule has 0 aliphatic carbocycles. The van der Waals surface area contributed by atoms with Crippen LogP contribution >= 0.6 is 0 Å². The molecule has 0 saturated carbocycles. The van der Waals surface area contributed by atoms with Crippen LogP contribution in [0.2, 0.25) is 0 Å². The fraction of sp³-hybridized carbons (Fsp3) is 1.00. The van der Waals surface area contributed by atoms with Crippen molar-refractivity contribution in [3.63, 3.8) is 0 Å². The number of aliphatic hydroxyl groups excluding tert-OH is 1. The average Bonchev–Trinajstić information content (AvgIpc) is 2.17. The fourth-order valence-corrected chi connectivity index (χ4v) is 1.39. The molecule has 2 atom stereocenters. The normalized spacial score (nSPS) is 18.2. The van der Waals surface area contributed by atoms with Crippen molar-refractivity contribution in [2.75, 3.05) is 20.3 Å². The van der Waals surface area contributed by atoms with E-state index >= 15 is 0 Å². The van der Waals surface area contributed by atoms with Crippen LogP contribution < -0.4 is 5.73 Å². The van der Waals surface area contributed by atoms with Crippen molar-refractivity contribution in [3.8, 4) is 0 Å². The first-order valence-electron chi connectivity index (χ1n) is 5.79. The summed E-state index contributed by atoms with van der Waals surface area (Å²) in [6, 6.07) is 0. The van der Waals surface area contributed by atoms with E-state index in [1.54, 1.807) is 7.11 Å². The molecule has 4 heteroatoms. The Bertz CT molecular complexity index is 193. The van der Waals surface area contributed by atoms with Gasteiger partial charge in [0.2, 0.25) is 0 Å². The Morgan fingerprint density at radius 3 is 2.31 bits per heavy atom. The van der Waals surface area contributed by atoms with E-state index in [0.29, 0.717) is 13.0 Å². The number of hydrogen-bond acceptors (Lipinski definition) is 4. The van der Waals surface area contributed by atoms with E-state index in [4.69, 9.17) is 20.3 Å². The van der Waals surface area contributed by atoms with Crippen molar-refractivity contribution < 1.29 is 14.6 Å². The molecule has 0 saturated heterocycles. The molecule has 3 N–H and O–H groups in total. The second-order valence-electron chi connectivity index (χ2n) is 5.41. The monoisotopic (exact) mass is 233 g/mol. The van der Waals surface area contributed by atoms with Gasteiger partial charge in [-0.15, -0.1) is 0 Å². The Balaban J connectivity index is 3.78. The minimum Gasteiger partial charge on any atom is -0.394 e.